The number of benzene rings is 1. The Balaban J connectivity index is 1.84. The molecule has 0 aliphatic rings. The van der Waals surface area contributed by atoms with Gasteiger partial charge in [-0.05, 0) is 32.9 Å². The smallest absolute Gasteiger partial charge is 0.191 e. The predicted octanol–water partition coefficient (Wildman–Crippen LogP) is 2.18. The van der Waals surface area contributed by atoms with E-state index in [0.717, 1.165) is 28.8 Å². The first-order chi connectivity index (χ1) is 12.4. The van der Waals surface area contributed by atoms with Crippen molar-refractivity contribution in [2.24, 2.45) is 12.0 Å². The summed E-state index contributed by atoms with van der Waals surface area (Å²) in [5.74, 6) is 2.29. The average molecular weight is 359 g/mol. The van der Waals surface area contributed by atoms with Crippen molar-refractivity contribution >= 4 is 5.96 Å². The number of rotatable bonds is 7. The lowest BCUT2D eigenvalue weighted by molar-refractivity contribution is 0.223. The Labute approximate surface area is 155 Å². The van der Waals surface area contributed by atoms with Gasteiger partial charge in [-0.15, -0.1) is 0 Å². The number of guanidine groups is 1. The number of nitrogens with zero attached hydrogens (tertiary/aromatic N) is 3. The van der Waals surface area contributed by atoms with E-state index in [1.165, 1.54) is 5.56 Å². The van der Waals surface area contributed by atoms with E-state index in [2.05, 4.69) is 27.6 Å². The molecule has 2 aromatic rings. The Morgan fingerprint density at radius 3 is 2.62 bits per heavy atom. The second-order valence-corrected chi connectivity index (χ2v) is 6.19. The van der Waals surface area contributed by atoms with Crippen molar-refractivity contribution < 1.29 is 9.47 Å². The van der Waals surface area contributed by atoms with Gasteiger partial charge in [0.1, 0.15) is 17.6 Å². The fourth-order valence-corrected chi connectivity index (χ4v) is 2.65. The molecule has 0 aliphatic carbocycles. The van der Waals surface area contributed by atoms with Gasteiger partial charge in [-0.25, -0.2) is 0 Å². The summed E-state index contributed by atoms with van der Waals surface area (Å²) in [5, 5.41) is 11.1. The molecule has 7 heteroatoms. The van der Waals surface area contributed by atoms with Crippen LogP contribution in [0.25, 0.3) is 0 Å². The molecule has 1 aromatic heterocycles. The fourth-order valence-electron chi connectivity index (χ4n) is 2.65. The van der Waals surface area contributed by atoms with Crippen LogP contribution in [0, 0.1) is 13.8 Å². The molecule has 0 fully saturated rings. The number of aromatic nitrogens is 2. The number of aliphatic imine (C=N–C) groups is 1. The first-order valence-corrected chi connectivity index (χ1v) is 8.69. The van der Waals surface area contributed by atoms with E-state index in [0.29, 0.717) is 13.1 Å². The summed E-state index contributed by atoms with van der Waals surface area (Å²) in [6, 6.07) is 7.59. The number of ether oxygens (including phenoxy) is 2. The minimum absolute atomic E-state index is 0.0254. The standard InChI is InChI=1S/C19H29N5O2/c1-13(26-17-9-7-8-16(10-17)25-6)11-21-19(20-4)22-12-18-14(2)23-24(5)15(18)3/h7-10,13H,11-12H2,1-6H3,(H2,20,21,22). The zero-order valence-corrected chi connectivity index (χ0v) is 16.5. The van der Waals surface area contributed by atoms with E-state index in [1.54, 1.807) is 14.2 Å². The van der Waals surface area contributed by atoms with Crippen molar-refractivity contribution in [3.8, 4) is 11.5 Å². The first-order valence-electron chi connectivity index (χ1n) is 8.69. The largest absolute Gasteiger partial charge is 0.497 e. The van der Waals surface area contributed by atoms with Gasteiger partial charge in [0.15, 0.2) is 5.96 Å². The molecule has 26 heavy (non-hydrogen) atoms. The van der Waals surface area contributed by atoms with E-state index in [-0.39, 0.29) is 6.10 Å². The highest BCUT2D eigenvalue weighted by Gasteiger charge is 2.11. The molecule has 0 aliphatic heterocycles. The van der Waals surface area contributed by atoms with Gasteiger partial charge in [0.2, 0.25) is 0 Å². The lowest BCUT2D eigenvalue weighted by Crippen LogP contribution is -2.41. The van der Waals surface area contributed by atoms with Gasteiger partial charge < -0.3 is 20.1 Å². The lowest BCUT2D eigenvalue weighted by Gasteiger charge is -2.18. The monoisotopic (exact) mass is 359 g/mol. The molecule has 2 rings (SSSR count). The minimum Gasteiger partial charge on any atom is -0.497 e. The van der Waals surface area contributed by atoms with Gasteiger partial charge >= 0.3 is 0 Å². The molecule has 7 nitrogen and oxygen atoms in total. The molecule has 0 saturated carbocycles. The maximum atomic E-state index is 5.92. The molecule has 142 valence electrons. The average Bonchev–Trinajstić information content (AvgIpc) is 2.87. The molecule has 1 heterocycles. The van der Waals surface area contributed by atoms with Crippen LogP contribution in [0.2, 0.25) is 0 Å². The second kappa shape index (κ2) is 9.12. The van der Waals surface area contributed by atoms with Crippen molar-refractivity contribution in [2.45, 2.75) is 33.4 Å². The van der Waals surface area contributed by atoms with Crippen LogP contribution in [-0.2, 0) is 13.6 Å². The van der Waals surface area contributed by atoms with Crippen LogP contribution in [0.5, 0.6) is 11.5 Å². The Bertz CT molecular complexity index is 754. The first kappa shape index (κ1) is 19.6. The third kappa shape index (κ3) is 5.15. The number of aryl methyl sites for hydroxylation is 2. The summed E-state index contributed by atoms with van der Waals surface area (Å²) in [4.78, 5) is 4.27. The molecule has 1 atom stereocenters. The maximum absolute atomic E-state index is 5.92. The minimum atomic E-state index is -0.0254. The van der Waals surface area contributed by atoms with E-state index >= 15 is 0 Å². The van der Waals surface area contributed by atoms with Gasteiger partial charge in [-0.3, -0.25) is 9.67 Å². The summed E-state index contributed by atoms with van der Waals surface area (Å²) in [5.41, 5.74) is 3.37. The molecule has 1 aromatic carbocycles. The maximum Gasteiger partial charge on any atom is 0.191 e. The Hall–Kier alpha value is -2.70. The van der Waals surface area contributed by atoms with Crippen molar-refractivity contribution in [1.82, 2.24) is 20.4 Å². The zero-order valence-electron chi connectivity index (χ0n) is 16.5. The predicted molar refractivity (Wildman–Crippen MR) is 104 cm³/mol. The summed E-state index contributed by atoms with van der Waals surface area (Å²) in [6.07, 6.45) is -0.0254. The van der Waals surface area contributed by atoms with Crippen LogP contribution < -0.4 is 20.1 Å². The van der Waals surface area contributed by atoms with Gasteiger partial charge in [0.05, 0.1) is 19.3 Å². The molecule has 2 N–H and O–H groups in total. The van der Waals surface area contributed by atoms with Crippen molar-refractivity contribution in [3.63, 3.8) is 0 Å². The lowest BCUT2D eigenvalue weighted by atomic mass is 10.2. The van der Waals surface area contributed by atoms with Crippen LogP contribution in [-0.4, -0.2) is 42.5 Å². The summed E-state index contributed by atoms with van der Waals surface area (Å²) < 4.78 is 13.0. The third-order valence-electron chi connectivity index (χ3n) is 4.25. The van der Waals surface area contributed by atoms with E-state index in [4.69, 9.17) is 9.47 Å². The highest BCUT2D eigenvalue weighted by atomic mass is 16.5. The molecule has 0 amide bonds. The molecular formula is C19H29N5O2. The second-order valence-electron chi connectivity index (χ2n) is 6.19. The zero-order chi connectivity index (χ0) is 19.1. The van der Waals surface area contributed by atoms with Crippen LogP contribution in [0.15, 0.2) is 29.3 Å². The van der Waals surface area contributed by atoms with Crippen LogP contribution in [0.4, 0.5) is 0 Å². The quantitative estimate of drug-likeness (QED) is 0.586. The van der Waals surface area contributed by atoms with Crippen molar-refractivity contribution in [3.05, 3.63) is 41.2 Å². The molecule has 0 bridgehead atoms. The van der Waals surface area contributed by atoms with E-state index in [9.17, 15) is 0 Å². The Kier molecular flexibility index (Phi) is 6.89. The highest BCUT2D eigenvalue weighted by molar-refractivity contribution is 5.79. The van der Waals surface area contributed by atoms with Crippen molar-refractivity contribution in [1.29, 1.82) is 0 Å². The number of methoxy groups -OCH3 is 1. The van der Waals surface area contributed by atoms with Crippen LogP contribution in [0.1, 0.15) is 23.9 Å². The Morgan fingerprint density at radius 1 is 1.27 bits per heavy atom. The summed E-state index contributed by atoms with van der Waals surface area (Å²) in [6.45, 7) is 7.40. The number of hydrogen-bond donors (Lipinski definition) is 2. The van der Waals surface area contributed by atoms with Gasteiger partial charge in [-0.1, -0.05) is 6.07 Å². The van der Waals surface area contributed by atoms with Gasteiger partial charge in [0, 0.05) is 38.0 Å². The van der Waals surface area contributed by atoms with Gasteiger partial charge in [0.25, 0.3) is 0 Å². The summed E-state index contributed by atoms with van der Waals surface area (Å²) in [7, 11) is 5.35. The molecule has 0 spiro atoms. The topological polar surface area (TPSA) is 72.7 Å². The SMILES string of the molecule is CN=C(NCc1c(C)nn(C)c1C)NCC(C)Oc1cccc(OC)c1. The number of hydrogen-bond acceptors (Lipinski definition) is 4. The number of nitrogens with one attached hydrogen (secondary N) is 2. The van der Waals surface area contributed by atoms with E-state index in [1.807, 2.05) is 49.8 Å². The molecule has 1 unspecified atom stereocenters. The molecule has 0 saturated heterocycles. The third-order valence-corrected chi connectivity index (χ3v) is 4.25. The van der Waals surface area contributed by atoms with Gasteiger partial charge in [-0.2, -0.15) is 5.10 Å². The molecular weight excluding hydrogens is 330 g/mol. The van der Waals surface area contributed by atoms with Crippen LogP contribution in [0.3, 0.4) is 0 Å². The molecule has 0 radical (unpaired) electrons. The van der Waals surface area contributed by atoms with Crippen molar-refractivity contribution in [2.75, 3.05) is 20.7 Å². The summed E-state index contributed by atoms with van der Waals surface area (Å²) >= 11 is 0. The highest BCUT2D eigenvalue weighted by Crippen LogP contribution is 2.19. The van der Waals surface area contributed by atoms with E-state index < -0.39 is 0 Å². The Morgan fingerprint density at radius 2 is 2.00 bits per heavy atom. The fraction of sp³-hybridized carbons (Fsp3) is 0.474. The normalized spacial score (nSPS) is 12.6. The van der Waals surface area contributed by atoms with Crippen LogP contribution >= 0.6 is 0 Å².